The van der Waals surface area contributed by atoms with Crippen molar-refractivity contribution >= 4 is 6.09 Å². The highest BCUT2D eigenvalue weighted by molar-refractivity contribution is 5.71. The van der Waals surface area contributed by atoms with Gasteiger partial charge in [-0.15, -0.1) is 0 Å². The molecule has 6 rings (SSSR count). The van der Waals surface area contributed by atoms with Crippen LogP contribution in [0.2, 0.25) is 0 Å². The summed E-state index contributed by atoms with van der Waals surface area (Å²) in [6, 6.07) is 11.4. The quantitative estimate of drug-likeness (QED) is 0.245. The Bertz CT molecular complexity index is 1410. The fourth-order valence-electron chi connectivity index (χ4n) is 5.16. The molecule has 0 bridgehead atoms. The zero-order valence-corrected chi connectivity index (χ0v) is 21.4. The van der Waals surface area contributed by atoms with Crippen molar-refractivity contribution in [2.75, 3.05) is 39.8 Å². The molecule has 8 nitrogen and oxygen atoms in total. The van der Waals surface area contributed by atoms with Gasteiger partial charge in [-0.1, -0.05) is 12.1 Å². The van der Waals surface area contributed by atoms with Crippen LogP contribution < -0.4 is 14.2 Å². The summed E-state index contributed by atoms with van der Waals surface area (Å²) in [7, 11) is 0. The van der Waals surface area contributed by atoms with Gasteiger partial charge in [0.1, 0.15) is 11.5 Å². The van der Waals surface area contributed by atoms with Gasteiger partial charge in [-0.25, -0.2) is 18.0 Å². The molecular formula is C28H23F5N2O6. The molecule has 3 heterocycles. The lowest BCUT2D eigenvalue weighted by Gasteiger charge is -2.39. The average molecular weight is 578 g/mol. The Balaban J connectivity index is 1.24. The van der Waals surface area contributed by atoms with Crippen LogP contribution in [0.25, 0.3) is 0 Å². The summed E-state index contributed by atoms with van der Waals surface area (Å²) in [4.78, 5) is 15.9. The van der Waals surface area contributed by atoms with Crippen molar-refractivity contribution in [2.24, 2.45) is 0 Å². The molecule has 216 valence electrons. The predicted octanol–water partition coefficient (Wildman–Crippen LogP) is 5.02. The normalized spacial score (nSPS) is 17.0. The second kappa shape index (κ2) is 11.1. The third-order valence-corrected chi connectivity index (χ3v) is 7.21. The summed E-state index contributed by atoms with van der Waals surface area (Å²) < 4.78 is 95.2. The van der Waals surface area contributed by atoms with Gasteiger partial charge in [0, 0.05) is 37.3 Å². The maximum Gasteiger partial charge on any atom is 0.415 e. The van der Waals surface area contributed by atoms with E-state index in [0.717, 1.165) is 38.7 Å². The smallest absolute Gasteiger partial charge is 0.415 e. The first-order valence-corrected chi connectivity index (χ1v) is 12.7. The van der Waals surface area contributed by atoms with Crippen LogP contribution in [-0.2, 0) is 22.7 Å². The minimum atomic E-state index is -2.33. The topological polar surface area (TPSA) is 69.7 Å². The molecule has 3 aromatic rings. The third kappa shape index (κ3) is 5.16. The first-order chi connectivity index (χ1) is 19.8. The van der Waals surface area contributed by atoms with Crippen molar-refractivity contribution in [2.45, 2.75) is 19.3 Å². The van der Waals surface area contributed by atoms with Gasteiger partial charge in [-0.2, -0.15) is 8.78 Å². The van der Waals surface area contributed by atoms with Crippen molar-refractivity contribution in [1.82, 2.24) is 9.80 Å². The summed E-state index contributed by atoms with van der Waals surface area (Å²) in [5, 5.41) is 0. The van der Waals surface area contributed by atoms with E-state index in [-0.39, 0.29) is 32.7 Å². The predicted molar refractivity (Wildman–Crippen MR) is 131 cm³/mol. The van der Waals surface area contributed by atoms with E-state index in [2.05, 4.69) is 9.64 Å². The van der Waals surface area contributed by atoms with Gasteiger partial charge in [0.15, 0.2) is 13.6 Å². The number of carbonyl (C=O) groups excluding carboxylic acids is 1. The lowest BCUT2D eigenvalue weighted by atomic mass is 9.93. The summed E-state index contributed by atoms with van der Waals surface area (Å²) >= 11 is 0. The molecule has 3 aliphatic rings. The maximum atomic E-state index is 14.1. The van der Waals surface area contributed by atoms with Crippen LogP contribution in [0.5, 0.6) is 17.2 Å². The van der Waals surface area contributed by atoms with E-state index in [0.29, 0.717) is 26.3 Å². The number of piperazine rings is 1. The van der Waals surface area contributed by atoms with Crippen molar-refractivity contribution in [1.29, 1.82) is 0 Å². The molecule has 0 radical (unpaired) electrons. The average Bonchev–Trinajstić information content (AvgIpc) is 3.01. The molecule has 3 aromatic carbocycles. The summed E-state index contributed by atoms with van der Waals surface area (Å²) in [5.74, 6) is -11.3. The molecule has 41 heavy (non-hydrogen) atoms. The number of amides is 1. The number of hydrogen-bond acceptors (Lipinski definition) is 7. The molecule has 0 aromatic heterocycles. The Labute approximate surface area is 230 Å². The highest BCUT2D eigenvalue weighted by Gasteiger charge is 2.33. The Morgan fingerprint density at radius 1 is 0.707 bits per heavy atom. The van der Waals surface area contributed by atoms with Crippen molar-refractivity contribution < 1.29 is 50.4 Å². The molecule has 0 aliphatic carbocycles. The van der Waals surface area contributed by atoms with Crippen LogP contribution in [0.4, 0.5) is 26.7 Å². The maximum absolute atomic E-state index is 14.1. The molecule has 0 N–H and O–H groups in total. The number of hydrogen-bond donors (Lipinski definition) is 0. The summed E-state index contributed by atoms with van der Waals surface area (Å²) in [6.07, 6.45) is -1.23. The Morgan fingerprint density at radius 2 is 1.20 bits per heavy atom. The Kier molecular flexibility index (Phi) is 7.41. The molecule has 0 saturated carbocycles. The van der Waals surface area contributed by atoms with E-state index in [1.165, 1.54) is 0 Å². The fourth-order valence-corrected chi connectivity index (χ4v) is 5.16. The molecule has 3 aliphatic heterocycles. The Hall–Kier alpha value is -3.94. The van der Waals surface area contributed by atoms with Crippen LogP contribution in [0.15, 0.2) is 36.4 Å². The van der Waals surface area contributed by atoms with Crippen LogP contribution >= 0.6 is 0 Å². The highest BCUT2D eigenvalue weighted by atomic mass is 19.2. The first kappa shape index (κ1) is 27.2. The number of nitrogens with zero attached hydrogens (tertiary/aromatic N) is 2. The number of halogens is 5. The monoisotopic (exact) mass is 578 g/mol. The molecule has 1 amide bonds. The first-order valence-electron chi connectivity index (χ1n) is 12.7. The van der Waals surface area contributed by atoms with Crippen LogP contribution in [-0.4, -0.2) is 55.7 Å². The van der Waals surface area contributed by atoms with Gasteiger partial charge in [-0.05, 0) is 35.4 Å². The second-order valence-electron chi connectivity index (χ2n) is 9.65. The van der Waals surface area contributed by atoms with Crippen molar-refractivity contribution in [3.05, 3.63) is 87.7 Å². The SMILES string of the molecule is O=C(Oc1c(F)c(F)c(F)c(F)c1F)N1CCN(C(c2ccc3c(c2)COCO3)c2ccc3c(c2)COCO3)CC1. The van der Waals surface area contributed by atoms with Gasteiger partial charge in [0.05, 0.1) is 19.3 Å². The fraction of sp³-hybridized carbons (Fsp3) is 0.321. The molecule has 13 heteroatoms. The molecule has 1 saturated heterocycles. The van der Waals surface area contributed by atoms with Crippen LogP contribution in [0.3, 0.4) is 0 Å². The molecule has 0 spiro atoms. The van der Waals surface area contributed by atoms with Crippen LogP contribution in [0, 0.1) is 29.1 Å². The zero-order valence-electron chi connectivity index (χ0n) is 21.4. The molecule has 1 fully saturated rings. The molecule has 0 unspecified atom stereocenters. The summed E-state index contributed by atoms with van der Waals surface area (Å²) in [6.45, 7) is 1.87. The lowest BCUT2D eigenvalue weighted by molar-refractivity contribution is -0.0165. The number of fused-ring (bicyclic) bond motifs is 2. The number of rotatable bonds is 4. The van der Waals surface area contributed by atoms with Gasteiger partial charge >= 0.3 is 6.09 Å². The number of benzene rings is 3. The van der Waals surface area contributed by atoms with E-state index in [4.69, 9.17) is 18.9 Å². The standard InChI is InChI=1S/C28H23F5N2O6/c29-21-22(30)24(32)27(25(33)23(21)31)41-28(36)35-7-5-34(6-8-35)26(15-1-3-19-17(9-15)11-37-13-39-19)16-2-4-20-18(10-16)12-38-14-40-20/h1-4,9-10,26H,5-8,11-14H2. The van der Waals surface area contributed by atoms with Crippen molar-refractivity contribution in [3.63, 3.8) is 0 Å². The van der Waals surface area contributed by atoms with E-state index in [1.54, 1.807) is 0 Å². The van der Waals surface area contributed by atoms with E-state index in [9.17, 15) is 26.7 Å². The number of carbonyl (C=O) groups is 1. The minimum absolute atomic E-state index is 0.0685. The lowest BCUT2D eigenvalue weighted by Crippen LogP contribution is -2.50. The van der Waals surface area contributed by atoms with Gasteiger partial charge in [-0.3, -0.25) is 4.90 Å². The van der Waals surface area contributed by atoms with Gasteiger partial charge in [0.25, 0.3) is 0 Å². The third-order valence-electron chi connectivity index (χ3n) is 7.21. The van der Waals surface area contributed by atoms with E-state index < -0.39 is 40.9 Å². The largest absolute Gasteiger partial charge is 0.467 e. The van der Waals surface area contributed by atoms with Crippen molar-refractivity contribution in [3.8, 4) is 17.2 Å². The summed E-state index contributed by atoms with van der Waals surface area (Å²) in [5.41, 5.74) is 3.64. The molecular weight excluding hydrogens is 555 g/mol. The van der Waals surface area contributed by atoms with E-state index >= 15 is 0 Å². The minimum Gasteiger partial charge on any atom is -0.467 e. The van der Waals surface area contributed by atoms with E-state index in [1.807, 2.05) is 36.4 Å². The van der Waals surface area contributed by atoms with Gasteiger partial charge < -0.3 is 28.6 Å². The molecule has 0 atom stereocenters. The number of ether oxygens (including phenoxy) is 5. The zero-order chi connectivity index (χ0) is 28.7. The van der Waals surface area contributed by atoms with Gasteiger partial charge in [0.2, 0.25) is 34.8 Å². The van der Waals surface area contributed by atoms with Crippen LogP contribution in [0.1, 0.15) is 28.3 Å². The second-order valence-corrected chi connectivity index (χ2v) is 9.65. The Morgan fingerprint density at radius 3 is 1.71 bits per heavy atom. The highest BCUT2D eigenvalue weighted by Crippen LogP contribution is 2.37.